The fourth-order valence-electron chi connectivity index (χ4n) is 2.16. The van der Waals surface area contributed by atoms with Gasteiger partial charge in [0.1, 0.15) is 0 Å². The molecule has 7 heteroatoms. The highest BCUT2D eigenvalue weighted by Crippen LogP contribution is 2.29. The van der Waals surface area contributed by atoms with Crippen molar-refractivity contribution < 1.29 is 18.8 Å². The molecule has 0 atom stereocenters. The first-order valence-electron chi connectivity index (χ1n) is 6.83. The van der Waals surface area contributed by atoms with E-state index in [9.17, 15) is 19.3 Å². The summed E-state index contributed by atoms with van der Waals surface area (Å²) in [4.78, 5) is 23.3. The Hall–Kier alpha value is -2.02. The van der Waals surface area contributed by atoms with Gasteiger partial charge in [-0.15, -0.1) is 0 Å². The molecule has 0 spiro atoms. The Balaban J connectivity index is 2.05. The quantitative estimate of drug-likeness (QED) is 0.438. The number of halogens is 1. The molecule has 1 saturated carbocycles. The summed E-state index contributed by atoms with van der Waals surface area (Å²) in [7, 11) is 0. The standard InChI is InChI=1S/C14H17FN2O4/c1-2-21-14(18)9-16(11-4-5-11)8-10-3-6-13(17(19)20)12(15)7-10/h3,6-7,11H,2,4-5,8-9H2,1H3. The molecule has 1 aliphatic carbocycles. The van der Waals surface area contributed by atoms with Crippen molar-refractivity contribution in [3.63, 3.8) is 0 Å². The number of benzene rings is 1. The van der Waals surface area contributed by atoms with Gasteiger partial charge in [-0.25, -0.2) is 0 Å². The summed E-state index contributed by atoms with van der Waals surface area (Å²) in [5.74, 6) is -1.17. The Morgan fingerprint density at radius 3 is 2.76 bits per heavy atom. The van der Waals surface area contributed by atoms with Crippen LogP contribution in [0.4, 0.5) is 10.1 Å². The number of nitro benzene ring substituents is 1. The first-order valence-corrected chi connectivity index (χ1v) is 6.83. The van der Waals surface area contributed by atoms with Crippen LogP contribution in [0, 0.1) is 15.9 Å². The monoisotopic (exact) mass is 296 g/mol. The Morgan fingerprint density at radius 2 is 2.24 bits per heavy atom. The maximum atomic E-state index is 13.6. The Bertz CT molecular complexity index is 546. The van der Waals surface area contributed by atoms with Crippen LogP contribution in [0.25, 0.3) is 0 Å². The molecule has 0 heterocycles. The lowest BCUT2D eigenvalue weighted by atomic mass is 10.2. The van der Waals surface area contributed by atoms with Crippen LogP contribution < -0.4 is 0 Å². The van der Waals surface area contributed by atoms with Crippen LogP contribution in [0.15, 0.2) is 18.2 Å². The number of rotatable bonds is 7. The summed E-state index contributed by atoms with van der Waals surface area (Å²) in [5.41, 5.74) is 0.0661. The maximum Gasteiger partial charge on any atom is 0.320 e. The fourth-order valence-corrected chi connectivity index (χ4v) is 2.16. The highest BCUT2D eigenvalue weighted by Gasteiger charge is 2.31. The van der Waals surface area contributed by atoms with E-state index in [4.69, 9.17) is 4.74 Å². The van der Waals surface area contributed by atoms with E-state index in [1.54, 1.807) is 6.92 Å². The molecule has 0 N–H and O–H groups in total. The van der Waals surface area contributed by atoms with Crippen molar-refractivity contribution in [2.24, 2.45) is 0 Å². The predicted molar refractivity (Wildman–Crippen MR) is 73.1 cm³/mol. The van der Waals surface area contributed by atoms with Crippen molar-refractivity contribution >= 4 is 11.7 Å². The van der Waals surface area contributed by atoms with Crippen molar-refractivity contribution in [1.82, 2.24) is 4.90 Å². The number of esters is 1. The van der Waals surface area contributed by atoms with Crippen LogP contribution in [-0.2, 0) is 16.1 Å². The molecule has 21 heavy (non-hydrogen) atoms. The molecule has 0 aromatic heterocycles. The highest BCUT2D eigenvalue weighted by atomic mass is 19.1. The van der Waals surface area contributed by atoms with Gasteiger partial charge in [-0.05, 0) is 31.4 Å². The van der Waals surface area contributed by atoms with E-state index >= 15 is 0 Å². The van der Waals surface area contributed by atoms with Gasteiger partial charge in [-0.2, -0.15) is 4.39 Å². The van der Waals surface area contributed by atoms with Gasteiger partial charge in [0.25, 0.3) is 0 Å². The molecule has 0 aliphatic heterocycles. The van der Waals surface area contributed by atoms with Crippen molar-refractivity contribution in [3.8, 4) is 0 Å². The molecule has 1 aromatic carbocycles. The molecular weight excluding hydrogens is 279 g/mol. The summed E-state index contributed by atoms with van der Waals surface area (Å²) in [6.45, 7) is 2.59. The molecule has 6 nitrogen and oxygen atoms in total. The lowest BCUT2D eigenvalue weighted by molar-refractivity contribution is -0.387. The van der Waals surface area contributed by atoms with E-state index in [-0.39, 0.29) is 12.5 Å². The normalized spacial score (nSPS) is 14.2. The average molecular weight is 296 g/mol. The minimum absolute atomic E-state index is 0.150. The zero-order chi connectivity index (χ0) is 15.4. The van der Waals surface area contributed by atoms with E-state index in [1.807, 2.05) is 4.90 Å². The topological polar surface area (TPSA) is 72.7 Å². The number of ether oxygens (including phenoxy) is 1. The minimum Gasteiger partial charge on any atom is -0.465 e. The van der Waals surface area contributed by atoms with Crippen LogP contribution in [0.5, 0.6) is 0 Å². The second-order valence-corrected chi connectivity index (χ2v) is 4.98. The van der Waals surface area contributed by atoms with Crippen molar-refractivity contribution in [3.05, 3.63) is 39.7 Å². The lowest BCUT2D eigenvalue weighted by Gasteiger charge is -2.20. The van der Waals surface area contributed by atoms with Gasteiger partial charge >= 0.3 is 11.7 Å². The number of carbonyl (C=O) groups excluding carboxylic acids is 1. The molecule has 0 radical (unpaired) electrons. The van der Waals surface area contributed by atoms with Gasteiger partial charge in [0.05, 0.1) is 18.1 Å². The number of hydrogen-bond acceptors (Lipinski definition) is 5. The molecule has 0 saturated heterocycles. The maximum absolute atomic E-state index is 13.6. The summed E-state index contributed by atoms with van der Waals surface area (Å²) in [6, 6.07) is 4.12. The SMILES string of the molecule is CCOC(=O)CN(Cc1ccc([N+](=O)[O-])c(F)c1)C1CC1. The van der Waals surface area contributed by atoms with Gasteiger partial charge in [-0.3, -0.25) is 19.8 Å². The van der Waals surface area contributed by atoms with Crippen LogP contribution in [-0.4, -0.2) is 35.0 Å². The Kier molecular flexibility index (Phi) is 4.85. The molecular formula is C14H17FN2O4. The van der Waals surface area contributed by atoms with Crippen LogP contribution in [0.3, 0.4) is 0 Å². The summed E-state index contributed by atoms with van der Waals surface area (Å²) in [6.07, 6.45) is 1.99. The second kappa shape index (κ2) is 6.62. The highest BCUT2D eigenvalue weighted by molar-refractivity contribution is 5.71. The number of carbonyl (C=O) groups is 1. The van der Waals surface area contributed by atoms with Crippen molar-refractivity contribution in [1.29, 1.82) is 0 Å². The number of nitro groups is 1. The molecule has 1 fully saturated rings. The van der Waals surface area contributed by atoms with E-state index in [0.29, 0.717) is 24.8 Å². The zero-order valence-electron chi connectivity index (χ0n) is 11.8. The summed E-state index contributed by atoms with van der Waals surface area (Å²) >= 11 is 0. The fraction of sp³-hybridized carbons (Fsp3) is 0.500. The van der Waals surface area contributed by atoms with Crippen LogP contribution in [0.2, 0.25) is 0 Å². The number of hydrogen-bond donors (Lipinski definition) is 0. The summed E-state index contributed by atoms with van der Waals surface area (Å²) in [5, 5.41) is 10.6. The van der Waals surface area contributed by atoms with Gasteiger partial charge in [0, 0.05) is 18.7 Å². The molecule has 1 aliphatic rings. The van der Waals surface area contributed by atoms with Gasteiger partial charge in [0.15, 0.2) is 0 Å². The van der Waals surface area contributed by atoms with Gasteiger partial charge in [0.2, 0.25) is 5.82 Å². The average Bonchev–Trinajstić information content (AvgIpc) is 3.22. The largest absolute Gasteiger partial charge is 0.465 e. The third-order valence-electron chi connectivity index (χ3n) is 3.30. The molecule has 2 rings (SSSR count). The van der Waals surface area contributed by atoms with E-state index in [1.165, 1.54) is 6.07 Å². The smallest absolute Gasteiger partial charge is 0.320 e. The second-order valence-electron chi connectivity index (χ2n) is 4.98. The van der Waals surface area contributed by atoms with Gasteiger partial charge in [-0.1, -0.05) is 6.07 Å². The van der Waals surface area contributed by atoms with Crippen LogP contribution in [0.1, 0.15) is 25.3 Å². The first-order chi connectivity index (χ1) is 10.0. The number of nitrogens with zero attached hydrogens (tertiary/aromatic N) is 2. The van der Waals surface area contributed by atoms with E-state index < -0.39 is 16.4 Å². The van der Waals surface area contributed by atoms with E-state index in [0.717, 1.165) is 25.0 Å². The minimum atomic E-state index is -0.857. The van der Waals surface area contributed by atoms with Crippen molar-refractivity contribution in [2.45, 2.75) is 32.4 Å². The summed E-state index contributed by atoms with van der Waals surface area (Å²) < 4.78 is 18.5. The molecule has 0 bridgehead atoms. The molecule has 0 unspecified atom stereocenters. The first kappa shape index (κ1) is 15.4. The third kappa shape index (κ3) is 4.22. The van der Waals surface area contributed by atoms with Crippen molar-refractivity contribution in [2.75, 3.05) is 13.2 Å². The predicted octanol–water partition coefficient (Wildman–Crippen LogP) is 2.26. The zero-order valence-corrected chi connectivity index (χ0v) is 11.8. The Morgan fingerprint density at radius 1 is 1.52 bits per heavy atom. The van der Waals surface area contributed by atoms with Gasteiger partial charge < -0.3 is 4.74 Å². The molecule has 1 aromatic rings. The lowest BCUT2D eigenvalue weighted by Crippen LogP contribution is -2.32. The van der Waals surface area contributed by atoms with Crippen LogP contribution >= 0.6 is 0 Å². The van der Waals surface area contributed by atoms with E-state index in [2.05, 4.69) is 0 Å². The third-order valence-corrected chi connectivity index (χ3v) is 3.30. The molecule has 114 valence electrons. The Labute approximate surface area is 121 Å². The molecule has 0 amide bonds.